The minimum atomic E-state index is -0.297. The number of nitrogens with two attached hydrogens (primary N) is 1. The summed E-state index contributed by atoms with van der Waals surface area (Å²) in [5.74, 6) is -0.187. The van der Waals surface area contributed by atoms with E-state index in [1.54, 1.807) is 18.3 Å². The highest BCUT2D eigenvalue weighted by atomic mass is 16.2. The molecule has 0 aliphatic carbocycles. The summed E-state index contributed by atoms with van der Waals surface area (Å²) in [7, 11) is 0. The summed E-state index contributed by atoms with van der Waals surface area (Å²) in [6.07, 6.45) is 1.67. The number of carbonyl (C=O) groups is 1. The normalized spacial score (nSPS) is 11.2. The van der Waals surface area contributed by atoms with E-state index < -0.39 is 0 Å². The molecule has 0 saturated carbocycles. The Morgan fingerprint density at radius 3 is 2.67 bits per heavy atom. The summed E-state index contributed by atoms with van der Waals surface area (Å²) in [6, 6.07) is 13.1. The van der Waals surface area contributed by atoms with Gasteiger partial charge < -0.3 is 10.7 Å². The van der Waals surface area contributed by atoms with Crippen LogP contribution in [0.3, 0.4) is 0 Å². The van der Waals surface area contributed by atoms with Gasteiger partial charge in [0.1, 0.15) is 5.69 Å². The first kappa shape index (κ1) is 11.9. The Morgan fingerprint density at radius 1 is 1.22 bits per heavy atom. The van der Waals surface area contributed by atoms with Crippen molar-refractivity contribution in [2.24, 2.45) is 10.7 Å². The lowest BCUT2D eigenvalue weighted by molar-refractivity contribution is 0.0972. The third kappa shape index (κ3) is 3.21. The van der Waals surface area contributed by atoms with Gasteiger partial charge in [-0.15, -0.1) is 0 Å². The maximum atomic E-state index is 11.6. The Morgan fingerprint density at radius 2 is 2.00 bits per heavy atom. The van der Waals surface area contributed by atoms with Crippen molar-refractivity contribution < 1.29 is 4.79 Å². The van der Waals surface area contributed by atoms with Crippen molar-refractivity contribution in [1.29, 1.82) is 0 Å². The average molecular weight is 242 g/mol. The van der Waals surface area contributed by atoms with Gasteiger partial charge in [0.2, 0.25) is 0 Å². The lowest BCUT2D eigenvalue weighted by Gasteiger charge is -2.03. The molecule has 1 aromatic heterocycles. The van der Waals surface area contributed by atoms with E-state index in [9.17, 15) is 4.79 Å². The molecule has 0 bridgehead atoms. The molecule has 5 nitrogen and oxygen atoms in total. The standard InChI is InChI=1S/C13H14N4O/c14-13(16-9-10-5-2-1-3-6-10)17-12(18)11-7-4-8-15-11/h1-8,15H,9H2,(H3,14,16,17,18). The molecule has 0 fully saturated rings. The van der Waals surface area contributed by atoms with E-state index >= 15 is 0 Å². The van der Waals surface area contributed by atoms with Gasteiger partial charge in [0.25, 0.3) is 5.91 Å². The molecule has 0 spiro atoms. The Hall–Kier alpha value is -2.56. The van der Waals surface area contributed by atoms with Crippen LogP contribution >= 0.6 is 0 Å². The molecule has 0 aliphatic heterocycles. The zero-order valence-corrected chi connectivity index (χ0v) is 9.76. The molecule has 18 heavy (non-hydrogen) atoms. The third-order valence-electron chi connectivity index (χ3n) is 2.36. The van der Waals surface area contributed by atoms with Crippen molar-refractivity contribution in [2.75, 3.05) is 0 Å². The van der Waals surface area contributed by atoms with E-state index in [1.807, 2.05) is 30.3 Å². The fourth-order valence-corrected chi connectivity index (χ4v) is 1.45. The van der Waals surface area contributed by atoms with Gasteiger partial charge in [0.05, 0.1) is 6.54 Å². The van der Waals surface area contributed by atoms with Crippen LogP contribution < -0.4 is 11.1 Å². The second-order valence-electron chi connectivity index (χ2n) is 3.72. The van der Waals surface area contributed by atoms with Crippen molar-refractivity contribution in [3.8, 4) is 0 Å². The van der Waals surface area contributed by atoms with E-state index in [2.05, 4.69) is 15.3 Å². The number of nitrogens with one attached hydrogen (secondary N) is 2. The monoisotopic (exact) mass is 242 g/mol. The van der Waals surface area contributed by atoms with E-state index in [0.717, 1.165) is 5.56 Å². The molecule has 0 atom stereocenters. The van der Waals surface area contributed by atoms with Gasteiger partial charge in [-0.1, -0.05) is 30.3 Å². The van der Waals surface area contributed by atoms with Gasteiger partial charge in [-0.2, -0.15) is 0 Å². The minimum Gasteiger partial charge on any atom is -0.370 e. The second kappa shape index (κ2) is 5.67. The fourth-order valence-electron chi connectivity index (χ4n) is 1.45. The highest BCUT2D eigenvalue weighted by Gasteiger charge is 2.06. The van der Waals surface area contributed by atoms with Crippen LogP contribution in [0.15, 0.2) is 53.7 Å². The number of benzene rings is 1. The molecule has 0 unspecified atom stereocenters. The second-order valence-corrected chi connectivity index (χ2v) is 3.72. The fraction of sp³-hybridized carbons (Fsp3) is 0.0769. The molecular formula is C13H14N4O. The predicted octanol–water partition coefficient (Wildman–Crippen LogP) is 1.26. The molecule has 1 amide bonds. The van der Waals surface area contributed by atoms with Crippen molar-refractivity contribution in [1.82, 2.24) is 10.3 Å². The molecule has 0 saturated heterocycles. The van der Waals surface area contributed by atoms with Crippen LogP contribution in [0, 0.1) is 0 Å². The first-order chi connectivity index (χ1) is 8.75. The average Bonchev–Trinajstić information content (AvgIpc) is 2.91. The van der Waals surface area contributed by atoms with Crippen LogP contribution in [0.25, 0.3) is 0 Å². The van der Waals surface area contributed by atoms with Crippen LogP contribution in [0.4, 0.5) is 0 Å². The molecule has 92 valence electrons. The van der Waals surface area contributed by atoms with Crippen LogP contribution in [0.2, 0.25) is 0 Å². The number of hydrogen-bond donors (Lipinski definition) is 3. The summed E-state index contributed by atoms with van der Waals surface area (Å²) >= 11 is 0. The largest absolute Gasteiger partial charge is 0.370 e. The number of aliphatic imine (C=N–C) groups is 1. The number of hydrogen-bond acceptors (Lipinski definition) is 2. The Bertz CT molecular complexity index is 531. The summed E-state index contributed by atoms with van der Waals surface area (Å²) in [5.41, 5.74) is 7.12. The first-order valence-electron chi connectivity index (χ1n) is 5.54. The van der Waals surface area contributed by atoms with Gasteiger partial charge in [0.15, 0.2) is 5.96 Å². The summed E-state index contributed by atoms with van der Waals surface area (Å²) in [6.45, 7) is 0.442. The maximum absolute atomic E-state index is 11.6. The number of aromatic amines is 1. The van der Waals surface area contributed by atoms with E-state index in [0.29, 0.717) is 12.2 Å². The highest BCUT2D eigenvalue weighted by Crippen LogP contribution is 1.99. The van der Waals surface area contributed by atoms with Crippen molar-refractivity contribution in [3.05, 3.63) is 59.9 Å². The maximum Gasteiger partial charge on any atom is 0.274 e. The van der Waals surface area contributed by atoms with Crippen LogP contribution in [-0.2, 0) is 6.54 Å². The van der Waals surface area contributed by atoms with Crippen molar-refractivity contribution in [3.63, 3.8) is 0 Å². The lowest BCUT2D eigenvalue weighted by Crippen LogP contribution is -2.37. The van der Waals surface area contributed by atoms with Gasteiger partial charge in [0, 0.05) is 6.20 Å². The highest BCUT2D eigenvalue weighted by molar-refractivity contribution is 6.04. The zero-order valence-electron chi connectivity index (χ0n) is 9.76. The summed E-state index contributed by atoms with van der Waals surface area (Å²) in [4.78, 5) is 18.5. The number of H-pyrrole nitrogens is 1. The third-order valence-corrected chi connectivity index (χ3v) is 2.36. The smallest absolute Gasteiger partial charge is 0.274 e. The molecule has 2 aromatic rings. The zero-order chi connectivity index (χ0) is 12.8. The van der Waals surface area contributed by atoms with Gasteiger partial charge >= 0.3 is 0 Å². The predicted molar refractivity (Wildman–Crippen MR) is 70.0 cm³/mol. The molecule has 1 aromatic carbocycles. The van der Waals surface area contributed by atoms with Crippen LogP contribution in [0.1, 0.15) is 16.1 Å². The summed E-state index contributed by atoms with van der Waals surface area (Å²) in [5, 5.41) is 2.51. The minimum absolute atomic E-state index is 0.110. The molecule has 5 heteroatoms. The van der Waals surface area contributed by atoms with E-state index in [1.165, 1.54) is 0 Å². The number of nitrogens with zero attached hydrogens (tertiary/aromatic N) is 1. The number of rotatable bonds is 3. The first-order valence-corrected chi connectivity index (χ1v) is 5.54. The quantitative estimate of drug-likeness (QED) is 0.559. The molecule has 4 N–H and O–H groups in total. The van der Waals surface area contributed by atoms with E-state index in [-0.39, 0.29) is 11.9 Å². The van der Waals surface area contributed by atoms with Gasteiger partial charge in [-0.25, -0.2) is 4.99 Å². The topological polar surface area (TPSA) is 83.3 Å². The number of carbonyl (C=O) groups excluding carboxylic acids is 1. The Kier molecular flexibility index (Phi) is 3.76. The van der Waals surface area contributed by atoms with Crippen LogP contribution in [-0.4, -0.2) is 16.9 Å². The number of aromatic nitrogens is 1. The SMILES string of the molecule is NC(=NCc1ccccc1)NC(=O)c1ccc[nH]1. The molecular weight excluding hydrogens is 228 g/mol. The Balaban J connectivity index is 1.92. The summed E-state index contributed by atoms with van der Waals surface area (Å²) < 4.78 is 0. The van der Waals surface area contributed by atoms with Crippen LogP contribution in [0.5, 0.6) is 0 Å². The molecule has 2 rings (SSSR count). The van der Waals surface area contributed by atoms with Gasteiger partial charge in [-0.3, -0.25) is 10.1 Å². The Labute approximate surface area is 105 Å². The lowest BCUT2D eigenvalue weighted by atomic mass is 10.2. The van der Waals surface area contributed by atoms with Crippen molar-refractivity contribution in [2.45, 2.75) is 6.54 Å². The molecule has 0 aliphatic rings. The van der Waals surface area contributed by atoms with Crippen molar-refractivity contribution >= 4 is 11.9 Å². The molecule has 0 radical (unpaired) electrons. The number of amides is 1. The molecule has 1 heterocycles. The number of guanidine groups is 1. The van der Waals surface area contributed by atoms with Gasteiger partial charge in [-0.05, 0) is 17.7 Å². The van der Waals surface area contributed by atoms with E-state index in [4.69, 9.17) is 5.73 Å².